The van der Waals surface area contributed by atoms with Gasteiger partial charge in [0.05, 0.1) is 0 Å². The van der Waals surface area contributed by atoms with Crippen molar-refractivity contribution in [1.29, 1.82) is 0 Å². The lowest BCUT2D eigenvalue weighted by Crippen LogP contribution is -2.25. The normalized spacial score (nSPS) is 12.4. The molecule has 1 aromatic carbocycles. The molecule has 0 spiro atoms. The van der Waals surface area contributed by atoms with E-state index in [1.807, 2.05) is 0 Å². The van der Waals surface area contributed by atoms with Crippen molar-refractivity contribution in [2.45, 2.75) is 26.2 Å². The molecule has 0 saturated carbocycles. The molecule has 1 aromatic rings. The van der Waals surface area contributed by atoms with Gasteiger partial charge in [0.2, 0.25) is 0 Å². The Morgan fingerprint density at radius 2 is 1.94 bits per heavy atom. The summed E-state index contributed by atoms with van der Waals surface area (Å²) in [5.41, 5.74) is 1.41. The van der Waals surface area contributed by atoms with Crippen molar-refractivity contribution in [3.63, 3.8) is 0 Å². The van der Waals surface area contributed by atoms with E-state index in [0.29, 0.717) is 11.8 Å². The van der Waals surface area contributed by atoms with Crippen LogP contribution < -0.4 is 5.32 Å². The predicted molar refractivity (Wildman–Crippen MR) is 70.3 cm³/mol. The second-order valence-electron chi connectivity index (χ2n) is 4.42. The van der Waals surface area contributed by atoms with Gasteiger partial charge in [-0.05, 0) is 17.4 Å². The van der Waals surface area contributed by atoms with E-state index < -0.39 is 0 Å². The van der Waals surface area contributed by atoms with Crippen LogP contribution in [0.4, 0.5) is 0 Å². The highest BCUT2D eigenvalue weighted by Gasteiger charge is 2.14. The summed E-state index contributed by atoms with van der Waals surface area (Å²) < 4.78 is 0. The van der Waals surface area contributed by atoms with Crippen LogP contribution in [0.1, 0.15) is 31.7 Å². The van der Waals surface area contributed by atoms with Crippen LogP contribution in [0.5, 0.6) is 0 Å². The van der Waals surface area contributed by atoms with Crippen molar-refractivity contribution < 1.29 is 0 Å². The maximum atomic E-state index is 5.23. The molecule has 0 heterocycles. The van der Waals surface area contributed by atoms with E-state index in [4.69, 9.17) is 6.42 Å². The number of benzene rings is 1. The molecule has 0 aliphatic rings. The molecule has 0 aliphatic carbocycles. The molecule has 1 rings (SSSR count). The third-order valence-corrected chi connectivity index (χ3v) is 2.84. The van der Waals surface area contributed by atoms with Crippen molar-refractivity contribution in [3.8, 4) is 12.3 Å². The largest absolute Gasteiger partial charge is 0.315 e. The summed E-state index contributed by atoms with van der Waals surface area (Å²) in [6, 6.07) is 10.7. The lowest BCUT2D eigenvalue weighted by Gasteiger charge is -2.21. The summed E-state index contributed by atoms with van der Waals surface area (Å²) in [4.78, 5) is 0. The monoisotopic (exact) mass is 215 g/mol. The van der Waals surface area contributed by atoms with Crippen LogP contribution in [0.25, 0.3) is 0 Å². The first-order valence-corrected chi connectivity index (χ1v) is 5.94. The highest BCUT2D eigenvalue weighted by molar-refractivity contribution is 5.20. The molecule has 0 bridgehead atoms. The molecule has 1 heteroatoms. The Hall–Kier alpha value is -1.26. The van der Waals surface area contributed by atoms with Crippen molar-refractivity contribution >= 4 is 0 Å². The lowest BCUT2D eigenvalue weighted by atomic mass is 9.88. The van der Waals surface area contributed by atoms with Crippen LogP contribution in [0, 0.1) is 18.3 Å². The molecule has 1 nitrogen and oxygen atoms in total. The number of terminal acetylenes is 1. The summed E-state index contributed by atoms with van der Waals surface area (Å²) in [6.07, 6.45) is 6.03. The van der Waals surface area contributed by atoms with Gasteiger partial charge in [-0.15, -0.1) is 12.3 Å². The standard InChI is InChI=1S/C15H21N/c1-4-5-11-16-12-15(13(2)3)14-9-7-6-8-10-14/h1,6-10,13,15-16H,5,11-12H2,2-3H3. The van der Waals surface area contributed by atoms with E-state index in [0.717, 1.165) is 19.5 Å². The predicted octanol–water partition coefficient (Wildman–Crippen LogP) is 3.04. The van der Waals surface area contributed by atoms with E-state index in [1.165, 1.54) is 5.56 Å². The third-order valence-electron chi connectivity index (χ3n) is 2.84. The van der Waals surface area contributed by atoms with Crippen LogP contribution in [0.3, 0.4) is 0 Å². The van der Waals surface area contributed by atoms with Crippen LogP contribution in [0.15, 0.2) is 30.3 Å². The Balaban J connectivity index is 2.53. The second kappa shape index (κ2) is 7.09. The molecule has 1 unspecified atom stereocenters. The molecule has 0 radical (unpaired) electrons. The molecular formula is C15H21N. The van der Waals surface area contributed by atoms with Gasteiger partial charge in [-0.1, -0.05) is 44.2 Å². The maximum Gasteiger partial charge on any atom is 0.0211 e. The van der Waals surface area contributed by atoms with Gasteiger partial charge >= 0.3 is 0 Å². The zero-order valence-corrected chi connectivity index (χ0v) is 10.2. The van der Waals surface area contributed by atoms with Gasteiger partial charge in [0.15, 0.2) is 0 Å². The molecule has 0 aromatic heterocycles. The number of rotatable bonds is 6. The van der Waals surface area contributed by atoms with Crippen molar-refractivity contribution in [2.24, 2.45) is 5.92 Å². The highest BCUT2D eigenvalue weighted by Crippen LogP contribution is 2.23. The summed E-state index contributed by atoms with van der Waals surface area (Å²) in [6.45, 7) is 6.44. The molecule has 86 valence electrons. The fraction of sp³-hybridized carbons (Fsp3) is 0.467. The van der Waals surface area contributed by atoms with Gasteiger partial charge < -0.3 is 5.32 Å². The minimum atomic E-state index is 0.568. The van der Waals surface area contributed by atoms with Gasteiger partial charge in [0, 0.05) is 19.5 Å². The van der Waals surface area contributed by atoms with E-state index in [9.17, 15) is 0 Å². The van der Waals surface area contributed by atoms with Crippen LogP contribution in [-0.4, -0.2) is 13.1 Å². The molecule has 0 aliphatic heterocycles. The lowest BCUT2D eigenvalue weighted by molar-refractivity contribution is 0.464. The van der Waals surface area contributed by atoms with Crippen molar-refractivity contribution in [3.05, 3.63) is 35.9 Å². The van der Waals surface area contributed by atoms with Gasteiger partial charge in [-0.25, -0.2) is 0 Å². The zero-order valence-electron chi connectivity index (χ0n) is 10.2. The third kappa shape index (κ3) is 4.08. The van der Waals surface area contributed by atoms with E-state index >= 15 is 0 Å². The topological polar surface area (TPSA) is 12.0 Å². The van der Waals surface area contributed by atoms with Crippen molar-refractivity contribution in [2.75, 3.05) is 13.1 Å². The molecule has 16 heavy (non-hydrogen) atoms. The summed E-state index contributed by atoms with van der Waals surface area (Å²) in [5, 5.41) is 3.42. The quantitative estimate of drug-likeness (QED) is 0.568. The van der Waals surface area contributed by atoms with E-state index in [-0.39, 0.29) is 0 Å². The average Bonchev–Trinajstić information content (AvgIpc) is 2.30. The van der Waals surface area contributed by atoms with Gasteiger partial charge in [0.25, 0.3) is 0 Å². The second-order valence-corrected chi connectivity index (χ2v) is 4.42. The van der Waals surface area contributed by atoms with Gasteiger partial charge in [-0.3, -0.25) is 0 Å². The molecule has 0 amide bonds. The van der Waals surface area contributed by atoms with Crippen LogP contribution >= 0.6 is 0 Å². The number of hydrogen-bond donors (Lipinski definition) is 1. The zero-order chi connectivity index (χ0) is 11.8. The van der Waals surface area contributed by atoms with Crippen LogP contribution in [0.2, 0.25) is 0 Å². The Kier molecular flexibility index (Phi) is 5.67. The molecule has 0 fully saturated rings. The van der Waals surface area contributed by atoms with Crippen LogP contribution in [-0.2, 0) is 0 Å². The molecule has 1 atom stereocenters. The first-order valence-electron chi connectivity index (χ1n) is 5.94. The van der Waals surface area contributed by atoms with Gasteiger partial charge in [-0.2, -0.15) is 0 Å². The SMILES string of the molecule is C#CCCNCC(c1ccccc1)C(C)C. The molecule has 1 N–H and O–H groups in total. The minimum absolute atomic E-state index is 0.568. The Morgan fingerprint density at radius 1 is 1.25 bits per heavy atom. The Labute approximate surface area is 99.3 Å². The maximum absolute atomic E-state index is 5.23. The van der Waals surface area contributed by atoms with E-state index in [1.54, 1.807) is 0 Å². The van der Waals surface area contributed by atoms with Gasteiger partial charge in [0.1, 0.15) is 0 Å². The minimum Gasteiger partial charge on any atom is -0.315 e. The Bertz CT molecular complexity index is 321. The summed E-state index contributed by atoms with van der Waals surface area (Å²) >= 11 is 0. The average molecular weight is 215 g/mol. The number of nitrogens with one attached hydrogen (secondary N) is 1. The fourth-order valence-electron chi connectivity index (χ4n) is 1.86. The van der Waals surface area contributed by atoms with E-state index in [2.05, 4.69) is 55.4 Å². The molecule has 0 saturated heterocycles. The smallest absolute Gasteiger partial charge is 0.0211 e. The highest BCUT2D eigenvalue weighted by atomic mass is 14.9. The first kappa shape index (κ1) is 12.8. The summed E-state index contributed by atoms with van der Waals surface area (Å²) in [7, 11) is 0. The molecular weight excluding hydrogens is 194 g/mol. The van der Waals surface area contributed by atoms with Crippen molar-refractivity contribution in [1.82, 2.24) is 5.32 Å². The first-order chi connectivity index (χ1) is 7.75. The number of hydrogen-bond acceptors (Lipinski definition) is 1. The summed E-state index contributed by atoms with van der Waals surface area (Å²) in [5.74, 6) is 3.86. The Morgan fingerprint density at radius 3 is 2.50 bits per heavy atom. The fourth-order valence-corrected chi connectivity index (χ4v) is 1.86.